The summed E-state index contributed by atoms with van der Waals surface area (Å²) in [5.74, 6) is -2.41. The number of nitrogens with zero attached hydrogens (tertiary/aromatic N) is 3. The molecule has 2 amide bonds. The average Bonchev–Trinajstić information content (AvgIpc) is 3.37. The van der Waals surface area contributed by atoms with Gasteiger partial charge in [0.1, 0.15) is 6.04 Å². The second kappa shape index (κ2) is 11.5. The van der Waals surface area contributed by atoms with Crippen molar-refractivity contribution in [2.75, 3.05) is 31.1 Å². The van der Waals surface area contributed by atoms with Crippen LogP contribution >= 0.6 is 0 Å². The molecule has 1 N–H and O–H groups in total. The normalized spacial score (nSPS) is 22.3. The number of carbonyl (C=O) groups excluding carboxylic acids is 2. The summed E-state index contributed by atoms with van der Waals surface area (Å²) in [5, 5.41) is 2.74. The van der Waals surface area contributed by atoms with Crippen molar-refractivity contribution < 1.29 is 40.7 Å². The van der Waals surface area contributed by atoms with Crippen molar-refractivity contribution in [1.29, 1.82) is 0 Å². The molecule has 13 heteroatoms. The quantitative estimate of drug-likeness (QED) is 0.372. The number of ether oxygens (including phenoxy) is 1. The molecule has 4 rings (SSSR count). The summed E-state index contributed by atoms with van der Waals surface area (Å²) >= 11 is 0. The van der Waals surface area contributed by atoms with Gasteiger partial charge in [-0.15, -0.1) is 0 Å². The van der Waals surface area contributed by atoms with Crippen LogP contribution in [0.5, 0.6) is 0 Å². The van der Waals surface area contributed by atoms with Crippen LogP contribution in [0.3, 0.4) is 0 Å². The van der Waals surface area contributed by atoms with E-state index in [9.17, 15) is 35.9 Å². The number of amides is 2. The Bertz CT molecular complexity index is 1190. The number of aromatic nitrogens is 1. The highest BCUT2D eigenvalue weighted by molar-refractivity contribution is 5.94. The number of piperidine rings is 1. The number of hydrogen-bond donors (Lipinski definition) is 1. The molecule has 2 aliphatic heterocycles. The van der Waals surface area contributed by atoms with Gasteiger partial charge in [0.25, 0.3) is 0 Å². The topological polar surface area (TPSA) is 74.8 Å². The Hall–Kier alpha value is -3.25. The Balaban J connectivity index is 1.57. The van der Waals surface area contributed by atoms with Crippen molar-refractivity contribution in [2.45, 2.75) is 63.5 Å². The van der Waals surface area contributed by atoms with Crippen molar-refractivity contribution in [3.05, 3.63) is 36.0 Å². The first-order valence-electron chi connectivity index (χ1n) is 12.9. The number of benzene rings is 1. The molecule has 0 saturated carbocycles. The van der Waals surface area contributed by atoms with Gasteiger partial charge in [-0.1, -0.05) is 13.3 Å². The van der Waals surface area contributed by atoms with Gasteiger partial charge in [-0.05, 0) is 49.9 Å². The van der Waals surface area contributed by atoms with E-state index in [0.717, 1.165) is 18.6 Å². The van der Waals surface area contributed by atoms with Crippen LogP contribution < -0.4 is 10.2 Å². The fourth-order valence-electron chi connectivity index (χ4n) is 5.24. The molecular formula is C26H30F6N4O3. The molecule has 2 saturated heterocycles. The van der Waals surface area contributed by atoms with E-state index in [1.165, 1.54) is 28.1 Å². The van der Waals surface area contributed by atoms with E-state index in [1.807, 2.05) is 6.92 Å². The SMILES string of the molecule is CCCCOC(=O)N1CCC[C@H]1C(=O)N[C@@H]1C[C@H](C(F)(F)F)CN(c2ccc(C(F)(F)F)c3ncccc23)C1. The molecular weight excluding hydrogens is 530 g/mol. The van der Waals surface area contributed by atoms with Crippen LogP contribution in [0, 0.1) is 5.92 Å². The molecule has 1 aromatic heterocycles. The number of likely N-dealkylation sites (tertiary alicyclic amines) is 1. The third-order valence-corrected chi connectivity index (χ3v) is 7.17. The van der Waals surface area contributed by atoms with Crippen molar-refractivity contribution in [3.8, 4) is 0 Å². The van der Waals surface area contributed by atoms with Crippen LogP contribution in [0.4, 0.5) is 36.8 Å². The average molecular weight is 561 g/mol. The molecule has 1 aromatic carbocycles. The summed E-state index contributed by atoms with van der Waals surface area (Å²) < 4.78 is 87.6. The second-order valence-corrected chi connectivity index (χ2v) is 9.93. The molecule has 214 valence electrons. The number of anilines is 1. The predicted molar refractivity (Wildman–Crippen MR) is 131 cm³/mol. The van der Waals surface area contributed by atoms with Crippen molar-refractivity contribution >= 4 is 28.6 Å². The van der Waals surface area contributed by atoms with Crippen LogP contribution in [0.15, 0.2) is 30.5 Å². The van der Waals surface area contributed by atoms with E-state index < -0.39 is 60.9 Å². The fraction of sp³-hybridized carbons (Fsp3) is 0.577. The molecule has 2 aromatic rings. The Morgan fingerprint density at radius 2 is 1.90 bits per heavy atom. The van der Waals surface area contributed by atoms with Gasteiger partial charge in [0.2, 0.25) is 5.91 Å². The number of alkyl halides is 6. The van der Waals surface area contributed by atoms with Gasteiger partial charge in [-0.25, -0.2) is 4.79 Å². The summed E-state index contributed by atoms with van der Waals surface area (Å²) in [4.78, 5) is 32.1. The predicted octanol–water partition coefficient (Wildman–Crippen LogP) is 5.53. The van der Waals surface area contributed by atoms with Gasteiger partial charge in [0, 0.05) is 42.9 Å². The number of hydrogen-bond acceptors (Lipinski definition) is 5. The van der Waals surface area contributed by atoms with Gasteiger partial charge in [-0.2, -0.15) is 26.3 Å². The first-order valence-corrected chi connectivity index (χ1v) is 12.9. The van der Waals surface area contributed by atoms with E-state index in [-0.39, 0.29) is 29.7 Å². The Morgan fingerprint density at radius 1 is 1.13 bits per heavy atom. The summed E-state index contributed by atoms with van der Waals surface area (Å²) in [7, 11) is 0. The highest BCUT2D eigenvalue weighted by Gasteiger charge is 2.46. The summed E-state index contributed by atoms with van der Waals surface area (Å²) in [6.07, 6.45) is -6.73. The fourth-order valence-corrected chi connectivity index (χ4v) is 5.24. The molecule has 39 heavy (non-hydrogen) atoms. The van der Waals surface area contributed by atoms with Crippen molar-refractivity contribution in [1.82, 2.24) is 15.2 Å². The number of unbranched alkanes of at least 4 members (excludes halogenated alkanes) is 1. The lowest BCUT2D eigenvalue weighted by atomic mass is 9.92. The van der Waals surface area contributed by atoms with E-state index >= 15 is 0 Å². The first kappa shape index (κ1) is 28.8. The molecule has 0 radical (unpaired) electrons. The Kier molecular flexibility index (Phi) is 8.45. The zero-order valence-corrected chi connectivity index (χ0v) is 21.3. The lowest BCUT2D eigenvalue weighted by molar-refractivity contribution is -0.178. The first-order chi connectivity index (χ1) is 18.4. The minimum atomic E-state index is -4.69. The van der Waals surface area contributed by atoms with Crippen molar-refractivity contribution in [3.63, 3.8) is 0 Å². The van der Waals surface area contributed by atoms with Gasteiger partial charge in [0.15, 0.2) is 0 Å². The lowest BCUT2D eigenvalue weighted by Crippen LogP contribution is -2.57. The standard InChI is InChI=1S/C26H30F6N4O3/c1-2-3-12-39-24(38)36-11-5-7-21(36)23(37)34-17-13-16(25(27,28)29)14-35(15-17)20-9-8-19(26(30,31)32)22-18(20)6-4-10-33-22/h4,6,8-10,16-17,21H,2-3,5,7,11-15H2,1H3,(H,34,37)/t16-,17+,21-/m0/s1. The maximum absolute atomic E-state index is 13.9. The second-order valence-electron chi connectivity index (χ2n) is 9.93. The molecule has 0 aliphatic carbocycles. The van der Waals surface area contributed by atoms with Gasteiger partial charge >= 0.3 is 18.4 Å². The maximum Gasteiger partial charge on any atom is 0.418 e. The van der Waals surface area contributed by atoms with Gasteiger partial charge in [0.05, 0.1) is 23.6 Å². The largest absolute Gasteiger partial charge is 0.449 e. The summed E-state index contributed by atoms with van der Waals surface area (Å²) in [6, 6.07) is 2.95. The van der Waals surface area contributed by atoms with E-state index in [4.69, 9.17) is 4.74 Å². The molecule has 3 atom stereocenters. The molecule has 0 spiro atoms. The van der Waals surface area contributed by atoms with Crippen LogP contribution in [0.2, 0.25) is 0 Å². The van der Waals surface area contributed by atoms with E-state index in [2.05, 4.69) is 10.3 Å². The molecule has 7 nitrogen and oxygen atoms in total. The molecule has 2 aliphatic rings. The molecule has 0 bridgehead atoms. The number of pyridine rings is 1. The maximum atomic E-state index is 13.9. The minimum absolute atomic E-state index is 0.0542. The van der Waals surface area contributed by atoms with Crippen LogP contribution in [-0.4, -0.2) is 66.4 Å². The molecule has 0 unspecified atom stereocenters. The highest BCUT2D eigenvalue weighted by Crippen LogP contribution is 2.40. The lowest BCUT2D eigenvalue weighted by Gasteiger charge is -2.41. The number of carbonyl (C=O) groups is 2. The smallest absolute Gasteiger partial charge is 0.418 e. The number of halogens is 6. The van der Waals surface area contributed by atoms with Crippen LogP contribution in [-0.2, 0) is 15.7 Å². The Morgan fingerprint density at radius 3 is 2.59 bits per heavy atom. The third kappa shape index (κ3) is 6.50. The number of rotatable bonds is 6. The third-order valence-electron chi connectivity index (χ3n) is 7.17. The highest BCUT2D eigenvalue weighted by atomic mass is 19.4. The zero-order chi connectivity index (χ0) is 28.4. The summed E-state index contributed by atoms with van der Waals surface area (Å²) in [5.41, 5.74) is -1.18. The van der Waals surface area contributed by atoms with Gasteiger partial charge in [-0.3, -0.25) is 14.7 Å². The van der Waals surface area contributed by atoms with E-state index in [1.54, 1.807) is 0 Å². The van der Waals surface area contributed by atoms with Gasteiger partial charge < -0.3 is 15.0 Å². The number of nitrogens with one attached hydrogen (secondary N) is 1. The number of fused-ring (bicyclic) bond motifs is 1. The Labute approximate surface area is 221 Å². The van der Waals surface area contributed by atoms with Crippen LogP contribution in [0.1, 0.15) is 44.6 Å². The van der Waals surface area contributed by atoms with Crippen molar-refractivity contribution in [2.24, 2.45) is 5.92 Å². The minimum Gasteiger partial charge on any atom is -0.449 e. The monoisotopic (exact) mass is 560 g/mol. The molecule has 2 fully saturated rings. The summed E-state index contributed by atoms with van der Waals surface area (Å²) in [6.45, 7) is 1.91. The zero-order valence-electron chi connectivity index (χ0n) is 21.3. The van der Waals surface area contributed by atoms with Crippen LogP contribution in [0.25, 0.3) is 10.9 Å². The molecule has 3 heterocycles. The van der Waals surface area contributed by atoms with E-state index in [0.29, 0.717) is 25.8 Å².